The van der Waals surface area contributed by atoms with Crippen LogP contribution in [0.4, 0.5) is 4.39 Å². The molecule has 2 rings (SSSR count). The van der Waals surface area contributed by atoms with E-state index in [0.717, 1.165) is 12.1 Å². The molecule has 0 bridgehead atoms. The van der Waals surface area contributed by atoms with E-state index in [9.17, 15) is 4.39 Å². The van der Waals surface area contributed by atoms with Crippen LogP contribution in [0.1, 0.15) is 49.7 Å². The van der Waals surface area contributed by atoms with E-state index in [1.54, 1.807) is 0 Å². The molecule has 1 aliphatic rings. The van der Waals surface area contributed by atoms with E-state index in [-0.39, 0.29) is 12.4 Å². The van der Waals surface area contributed by atoms with Crippen LogP contribution in [0.3, 0.4) is 0 Å². The molecule has 0 amide bonds. The molecule has 1 aliphatic carbocycles. The molecule has 1 N–H and O–H groups in total. The second kappa shape index (κ2) is 8.17. The molecule has 0 aliphatic heterocycles. The SMILES string of the molecule is CN(Cc1ccc(F)cc1C#CCO)C1CCCCCC1. The number of hydrogen-bond acceptors (Lipinski definition) is 2. The van der Waals surface area contributed by atoms with Gasteiger partial charge in [-0.15, -0.1) is 0 Å². The van der Waals surface area contributed by atoms with Gasteiger partial charge in [-0.1, -0.05) is 43.6 Å². The van der Waals surface area contributed by atoms with Gasteiger partial charge in [0.1, 0.15) is 12.4 Å². The van der Waals surface area contributed by atoms with Crippen molar-refractivity contribution in [3.63, 3.8) is 0 Å². The third-order valence-corrected chi connectivity index (χ3v) is 4.24. The highest BCUT2D eigenvalue weighted by Gasteiger charge is 2.17. The van der Waals surface area contributed by atoms with E-state index in [0.29, 0.717) is 11.6 Å². The maximum absolute atomic E-state index is 13.4. The molecular weight excluding hydrogens is 265 g/mol. The summed E-state index contributed by atoms with van der Waals surface area (Å²) in [6, 6.07) is 5.36. The second-order valence-corrected chi connectivity index (χ2v) is 5.82. The number of hydrogen-bond donors (Lipinski definition) is 1. The van der Waals surface area contributed by atoms with E-state index in [2.05, 4.69) is 23.8 Å². The van der Waals surface area contributed by atoms with Crippen molar-refractivity contribution in [2.75, 3.05) is 13.7 Å². The maximum Gasteiger partial charge on any atom is 0.124 e. The standard InChI is InChI=1S/C18H24FNO/c1-20(18-8-4-2-3-5-9-18)14-16-10-11-17(19)13-15(16)7-6-12-21/h10-11,13,18,21H,2-5,8-9,12,14H2,1H3. The average molecular weight is 289 g/mol. The van der Waals surface area contributed by atoms with Crippen LogP contribution in [0.25, 0.3) is 0 Å². The van der Waals surface area contributed by atoms with Crippen LogP contribution in [-0.4, -0.2) is 29.7 Å². The van der Waals surface area contributed by atoms with Gasteiger partial charge < -0.3 is 5.11 Å². The molecule has 1 saturated carbocycles. The fraction of sp³-hybridized carbons (Fsp3) is 0.556. The molecule has 0 saturated heterocycles. The van der Waals surface area contributed by atoms with E-state index in [1.807, 2.05) is 6.07 Å². The zero-order chi connectivity index (χ0) is 15.1. The first-order chi connectivity index (χ1) is 10.2. The van der Waals surface area contributed by atoms with Crippen LogP contribution < -0.4 is 0 Å². The van der Waals surface area contributed by atoms with Crippen molar-refractivity contribution in [3.8, 4) is 11.8 Å². The van der Waals surface area contributed by atoms with Gasteiger partial charge in [0, 0.05) is 18.2 Å². The van der Waals surface area contributed by atoms with Crippen molar-refractivity contribution in [2.45, 2.75) is 51.1 Å². The molecule has 0 radical (unpaired) electrons. The van der Waals surface area contributed by atoms with Crippen LogP contribution in [0.5, 0.6) is 0 Å². The van der Waals surface area contributed by atoms with Gasteiger partial charge in [-0.25, -0.2) is 4.39 Å². The van der Waals surface area contributed by atoms with Crippen molar-refractivity contribution >= 4 is 0 Å². The summed E-state index contributed by atoms with van der Waals surface area (Å²) in [6.07, 6.45) is 7.78. The summed E-state index contributed by atoms with van der Waals surface area (Å²) in [4.78, 5) is 2.36. The second-order valence-electron chi connectivity index (χ2n) is 5.82. The van der Waals surface area contributed by atoms with Crippen molar-refractivity contribution in [1.82, 2.24) is 4.90 Å². The lowest BCUT2D eigenvalue weighted by Crippen LogP contribution is -2.31. The largest absolute Gasteiger partial charge is 0.384 e. The molecule has 0 heterocycles. The first-order valence-electron chi connectivity index (χ1n) is 7.79. The van der Waals surface area contributed by atoms with Gasteiger partial charge in [-0.05, 0) is 37.6 Å². The summed E-state index contributed by atoms with van der Waals surface area (Å²) < 4.78 is 13.4. The Bertz CT molecular complexity index is 510. The summed E-state index contributed by atoms with van der Waals surface area (Å²) in [7, 11) is 2.14. The van der Waals surface area contributed by atoms with Crippen molar-refractivity contribution < 1.29 is 9.50 Å². The molecule has 114 valence electrons. The Balaban J connectivity index is 2.10. The normalized spacial score (nSPS) is 16.4. The van der Waals surface area contributed by atoms with E-state index >= 15 is 0 Å². The Morgan fingerprint density at radius 1 is 1.24 bits per heavy atom. The van der Waals surface area contributed by atoms with Crippen LogP contribution >= 0.6 is 0 Å². The Labute approximate surface area is 127 Å². The third-order valence-electron chi connectivity index (χ3n) is 4.24. The predicted octanol–water partition coefficient (Wildman–Crippen LogP) is 3.32. The Kier molecular flexibility index (Phi) is 6.22. The van der Waals surface area contributed by atoms with Gasteiger partial charge in [-0.2, -0.15) is 0 Å². The number of rotatable bonds is 3. The average Bonchev–Trinajstić information content (AvgIpc) is 2.76. The Hall–Kier alpha value is -1.37. The first-order valence-corrected chi connectivity index (χ1v) is 7.79. The maximum atomic E-state index is 13.4. The summed E-state index contributed by atoms with van der Waals surface area (Å²) in [6.45, 7) is 0.578. The molecule has 0 unspecified atom stereocenters. The fourth-order valence-corrected chi connectivity index (χ4v) is 3.03. The highest BCUT2D eigenvalue weighted by molar-refractivity contribution is 5.41. The molecule has 1 aromatic carbocycles. The van der Waals surface area contributed by atoms with Gasteiger partial charge in [0.15, 0.2) is 0 Å². The molecular formula is C18H24FNO. The molecule has 0 spiro atoms. The Morgan fingerprint density at radius 2 is 1.95 bits per heavy atom. The van der Waals surface area contributed by atoms with E-state index in [1.165, 1.54) is 50.7 Å². The zero-order valence-corrected chi connectivity index (χ0v) is 12.7. The molecule has 2 nitrogen and oxygen atoms in total. The number of nitrogens with zero attached hydrogens (tertiary/aromatic N) is 1. The minimum absolute atomic E-state index is 0.200. The number of benzene rings is 1. The van der Waals surface area contributed by atoms with Crippen LogP contribution in [0.2, 0.25) is 0 Å². The number of halogens is 1. The summed E-state index contributed by atoms with van der Waals surface area (Å²) in [5, 5.41) is 8.83. The Morgan fingerprint density at radius 3 is 2.62 bits per heavy atom. The summed E-state index contributed by atoms with van der Waals surface area (Å²) in [5.74, 6) is 5.19. The minimum Gasteiger partial charge on any atom is -0.384 e. The molecule has 0 aromatic heterocycles. The number of aliphatic hydroxyl groups is 1. The van der Waals surface area contributed by atoms with Gasteiger partial charge in [0.25, 0.3) is 0 Å². The molecule has 1 fully saturated rings. The zero-order valence-electron chi connectivity index (χ0n) is 12.7. The molecule has 21 heavy (non-hydrogen) atoms. The van der Waals surface area contributed by atoms with Gasteiger partial charge in [-0.3, -0.25) is 4.90 Å². The van der Waals surface area contributed by atoms with Crippen molar-refractivity contribution in [1.29, 1.82) is 0 Å². The highest BCUT2D eigenvalue weighted by Crippen LogP contribution is 2.23. The molecule has 0 atom stereocenters. The van der Waals surface area contributed by atoms with Crippen LogP contribution in [-0.2, 0) is 6.54 Å². The highest BCUT2D eigenvalue weighted by atomic mass is 19.1. The lowest BCUT2D eigenvalue weighted by molar-refractivity contribution is 0.213. The quantitative estimate of drug-likeness (QED) is 0.681. The van der Waals surface area contributed by atoms with E-state index < -0.39 is 0 Å². The van der Waals surface area contributed by atoms with Gasteiger partial charge in [0.05, 0.1) is 0 Å². The van der Waals surface area contributed by atoms with Crippen LogP contribution in [0, 0.1) is 17.7 Å². The number of aliphatic hydroxyl groups excluding tert-OH is 1. The van der Waals surface area contributed by atoms with Crippen molar-refractivity contribution in [2.24, 2.45) is 0 Å². The summed E-state index contributed by atoms with van der Waals surface area (Å²) >= 11 is 0. The lowest BCUT2D eigenvalue weighted by Gasteiger charge is -2.27. The monoisotopic (exact) mass is 289 g/mol. The van der Waals surface area contributed by atoms with Crippen molar-refractivity contribution in [3.05, 3.63) is 35.1 Å². The minimum atomic E-state index is -0.280. The summed E-state index contributed by atoms with van der Waals surface area (Å²) in [5.41, 5.74) is 1.72. The van der Waals surface area contributed by atoms with Gasteiger partial charge in [0.2, 0.25) is 0 Å². The molecule has 1 aromatic rings. The topological polar surface area (TPSA) is 23.5 Å². The molecule has 3 heteroatoms. The smallest absolute Gasteiger partial charge is 0.124 e. The fourth-order valence-electron chi connectivity index (χ4n) is 3.03. The lowest BCUT2D eigenvalue weighted by atomic mass is 10.0. The third kappa shape index (κ3) is 4.84. The van der Waals surface area contributed by atoms with Crippen LogP contribution in [0.15, 0.2) is 18.2 Å². The van der Waals surface area contributed by atoms with Gasteiger partial charge >= 0.3 is 0 Å². The van der Waals surface area contributed by atoms with E-state index in [4.69, 9.17) is 5.11 Å². The predicted molar refractivity (Wildman–Crippen MR) is 83.3 cm³/mol. The first kappa shape index (κ1) is 16.0.